The highest BCUT2D eigenvalue weighted by molar-refractivity contribution is 6.28. The van der Waals surface area contributed by atoms with Crippen LogP contribution >= 0.6 is 11.6 Å². The van der Waals surface area contributed by atoms with Gasteiger partial charge in [-0.1, -0.05) is 12.1 Å². The highest BCUT2D eigenvalue weighted by Crippen LogP contribution is 2.21. The third kappa shape index (κ3) is 2.29. The topological polar surface area (TPSA) is 60.0 Å². The quantitative estimate of drug-likeness (QED) is 0.631. The van der Waals surface area contributed by atoms with Crippen LogP contribution < -0.4 is 5.32 Å². The molecule has 1 radical (unpaired) electrons. The maximum atomic E-state index is 5.94. The Balaban J connectivity index is 1.69. The molecule has 1 aromatic carbocycles. The standard InChI is InChI=1S/C15H10ClN6/c16-15-19-14(12-7-4-8-22(12)20-15)18-13-9-21(10-17-13)11-5-2-1-3-6-11/h1-2,4-10H,(H,18,19,20). The zero-order chi connectivity index (χ0) is 14.9. The van der Waals surface area contributed by atoms with E-state index in [1.165, 1.54) is 0 Å². The molecule has 7 heteroatoms. The number of imidazole rings is 1. The van der Waals surface area contributed by atoms with E-state index in [0.29, 0.717) is 11.6 Å². The van der Waals surface area contributed by atoms with Crippen LogP contribution in [0.15, 0.2) is 55.1 Å². The first kappa shape index (κ1) is 12.8. The third-order valence-corrected chi connectivity index (χ3v) is 3.34. The van der Waals surface area contributed by atoms with Gasteiger partial charge in [0, 0.05) is 11.9 Å². The normalized spacial score (nSPS) is 11.0. The molecule has 0 saturated heterocycles. The second-order valence-electron chi connectivity index (χ2n) is 4.62. The van der Waals surface area contributed by atoms with Crippen LogP contribution in [-0.4, -0.2) is 24.1 Å². The summed E-state index contributed by atoms with van der Waals surface area (Å²) in [5.41, 5.74) is 1.81. The van der Waals surface area contributed by atoms with E-state index in [9.17, 15) is 0 Å². The number of hydrogen-bond acceptors (Lipinski definition) is 4. The van der Waals surface area contributed by atoms with E-state index in [1.54, 1.807) is 10.8 Å². The van der Waals surface area contributed by atoms with Gasteiger partial charge in [0.25, 0.3) is 0 Å². The van der Waals surface area contributed by atoms with Crippen LogP contribution in [0.2, 0.25) is 5.28 Å². The molecule has 4 aromatic rings. The van der Waals surface area contributed by atoms with Gasteiger partial charge in [-0.05, 0) is 41.9 Å². The van der Waals surface area contributed by atoms with Crippen molar-refractivity contribution in [1.29, 1.82) is 0 Å². The molecule has 0 unspecified atom stereocenters. The maximum Gasteiger partial charge on any atom is 0.243 e. The molecule has 4 rings (SSSR count). The Hall–Kier alpha value is -2.86. The van der Waals surface area contributed by atoms with E-state index in [2.05, 4.69) is 26.4 Å². The van der Waals surface area contributed by atoms with Crippen LogP contribution in [0.1, 0.15) is 0 Å². The van der Waals surface area contributed by atoms with Crippen LogP contribution in [0, 0.1) is 6.07 Å². The Morgan fingerprint density at radius 3 is 3.05 bits per heavy atom. The lowest BCUT2D eigenvalue weighted by Crippen LogP contribution is -2.01. The Labute approximate surface area is 131 Å². The summed E-state index contributed by atoms with van der Waals surface area (Å²) in [5.74, 6) is 1.27. The Morgan fingerprint density at radius 2 is 2.18 bits per heavy atom. The van der Waals surface area contributed by atoms with Gasteiger partial charge in [-0.2, -0.15) is 4.98 Å². The zero-order valence-corrected chi connectivity index (χ0v) is 12.1. The molecule has 107 valence electrons. The van der Waals surface area contributed by atoms with Gasteiger partial charge in [0.2, 0.25) is 5.28 Å². The molecule has 0 bridgehead atoms. The van der Waals surface area contributed by atoms with Gasteiger partial charge >= 0.3 is 0 Å². The van der Waals surface area contributed by atoms with E-state index < -0.39 is 0 Å². The first-order valence-corrected chi connectivity index (χ1v) is 6.96. The summed E-state index contributed by atoms with van der Waals surface area (Å²) < 4.78 is 3.57. The van der Waals surface area contributed by atoms with Crippen LogP contribution in [0.4, 0.5) is 11.6 Å². The van der Waals surface area contributed by atoms with Crippen molar-refractivity contribution in [3.63, 3.8) is 0 Å². The average Bonchev–Trinajstić information content (AvgIpc) is 3.17. The number of fused-ring (bicyclic) bond motifs is 1. The van der Waals surface area contributed by atoms with E-state index in [0.717, 1.165) is 11.2 Å². The van der Waals surface area contributed by atoms with Crippen LogP contribution in [0.25, 0.3) is 11.2 Å². The Morgan fingerprint density at radius 1 is 1.23 bits per heavy atom. The van der Waals surface area contributed by atoms with Crippen molar-refractivity contribution in [2.45, 2.75) is 0 Å². The van der Waals surface area contributed by atoms with Crippen molar-refractivity contribution in [3.05, 3.63) is 66.5 Å². The van der Waals surface area contributed by atoms with Crippen molar-refractivity contribution in [3.8, 4) is 5.69 Å². The summed E-state index contributed by atoms with van der Waals surface area (Å²) in [6.45, 7) is 0. The van der Waals surface area contributed by atoms with Gasteiger partial charge in [-0.15, -0.1) is 5.10 Å². The number of rotatable bonds is 3. The zero-order valence-electron chi connectivity index (χ0n) is 11.3. The fourth-order valence-corrected chi connectivity index (χ4v) is 2.36. The largest absolute Gasteiger partial charge is 0.322 e. The first-order chi connectivity index (χ1) is 10.8. The number of halogens is 1. The summed E-state index contributed by atoms with van der Waals surface area (Å²) in [4.78, 5) is 8.55. The molecule has 0 aliphatic rings. The molecule has 0 spiro atoms. The third-order valence-electron chi connectivity index (χ3n) is 3.18. The van der Waals surface area contributed by atoms with Crippen molar-refractivity contribution in [2.75, 3.05) is 5.32 Å². The lowest BCUT2D eigenvalue weighted by molar-refractivity contribution is 0.907. The van der Waals surface area contributed by atoms with E-state index in [-0.39, 0.29) is 5.28 Å². The lowest BCUT2D eigenvalue weighted by atomic mass is 10.3. The monoisotopic (exact) mass is 309 g/mol. The molecule has 0 aliphatic heterocycles. The number of nitrogens with one attached hydrogen (secondary N) is 1. The molecule has 0 saturated carbocycles. The lowest BCUT2D eigenvalue weighted by Gasteiger charge is -2.05. The molecule has 0 amide bonds. The Bertz CT molecular complexity index is 928. The molecule has 1 N–H and O–H groups in total. The first-order valence-electron chi connectivity index (χ1n) is 6.58. The number of hydrogen-bond donors (Lipinski definition) is 1. The number of nitrogens with zero attached hydrogens (tertiary/aromatic N) is 5. The maximum absolute atomic E-state index is 5.94. The minimum atomic E-state index is 0.170. The average molecular weight is 310 g/mol. The molecule has 6 nitrogen and oxygen atoms in total. The van der Waals surface area contributed by atoms with Gasteiger partial charge in [0.05, 0.1) is 6.20 Å². The second kappa shape index (κ2) is 5.16. The minimum Gasteiger partial charge on any atom is -0.322 e. The molecule has 0 atom stereocenters. The highest BCUT2D eigenvalue weighted by Gasteiger charge is 2.08. The molecular formula is C15H10ClN6. The Kier molecular flexibility index (Phi) is 3.01. The van der Waals surface area contributed by atoms with Gasteiger partial charge < -0.3 is 9.88 Å². The van der Waals surface area contributed by atoms with Crippen molar-refractivity contribution in [2.24, 2.45) is 0 Å². The van der Waals surface area contributed by atoms with Crippen LogP contribution in [0.5, 0.6) is 0 Å². The smallest absolute Gasteiger partial charge is 0.243 e. The summed E-state index contributed by atoms with van der Waals surface area (Å²) in [6, 6.07) is 14.5. The summed E-state index contributed by atoms with van der Waals surface area (Å²) in [6.07, 6.45) is 5.41. The number of aromatic nitrogens is 5. The molecule has 3 aromatic heterocycles. The van der Waals surface area contributed by atoms with Gasteiger partial charge in [-0.25, -0.2) is 9.50 Å². The second-order valence-corrected chi connectivity index (χ2v) is 4.96. The molecule has 0 fully saturated rings. The SMILES string of the molecule is Clc1nc(Nc2cn(-c3c[c]ccc3)cn2)c2cccn2n1. The fourth-order valence-electron chi connectivity index (χ4n) is 2.19. The van der Waals surface area contributed by atoms with Gasteiger partial charge in [0.1, 0.15) is 17.7 Å². The van der Waals surface area contributed by atoms with Gasteiger partial charge in [-0.3, -0.25) is 0 Å². The van der Waals surface area contributed by atoms with E-state index in [4.69, 9.17) is 11.6 Å². The van der Waals surface area contributed by atoms with Crippen molar-refractivity contribution < 1.29 is 0 Å². The minimum absolute atomic E-state index is 0.170. The molecular weight excluding hydrogens is 300 g/mol. The predicted molar refractivity (Wildman–Crippen MR) is 83.7 cm³/mol. The molecule has 0 aliphatic carbocycles. The van der Waals surface area contributed by atoms with Crippen molar-refractivity contribution in [1.82, 2.24) is 24.1 Å². The fraction of sp³-hybridized carbons (Fsp3) is 0. The predicted octanol–water partition coefficient (Wildman–Crippen LogP) is 3.11. The highest BCUT2D eigenvalue weighted by atomic mass is 35.5. The van der Waals surface area contributed by atoms with Gasteiger partial charge in [0.15, 0.2) is 5.82 Å². The van der Waals surface area contributed by atoms with E-state index in [1.807, 2.05) is 53.4 Å². The van der Waals surface area contributed by atoms with Crippen molar-refractivity contribution >= 4 is 28.8 Å². The van der Waals surface area contributed by atoms with Crippen LogP contribution in [0.3, 0.4) is 0 Å². The van der Waals surface area contributed by atoms with Crippen LogP contribution in [-0.2, 0) is 0 Å². The summed E-state index contributed by atoms with van der Waals surface area (Å²) in [5, 5.41) is 7.43. The number of benzene rings is 1. The summed E-state index contributed by atoms with van der Waals surface area (Å²) in [7, 11) is 0. The molecule has 3 heterocycles. The number of anilines is 2. The van der Waals surface area contributed by atoms with E-state index >= 15 is 0 Å². The summed E-state index contributed by atoms with van der Waals surface area (Å²) >= 11 is 5.94. The molecule has 22 heavy (non-hydrogen) atoms.